The van der Waals surface area contributed by atoms with Crippen LogP contribution in [0.2, 0.25) is 0 Å². The second-order valence-corrected chi connectivity index (χ2v) is 6.84. The van der Waals surface area contributed by atoms with Gasteiger partial charge in [-0.05, 0) is 51.9 Å². The van der Waals surface area contributed by atoms with Crippen molar-refractivity contribution in [1.82, 2.24) is 9.97 Å². The van der Waals surface area contributed by atoms with Crippen molar-refractivity contribution in [3.8, 4) is 0 Å². The molecular formula is C17H26N2O2. The number of carbonyl (C=O) groups is 1. The van der Waals surface area contributed by atoms with Gasteiger partial charge in [-0.1, -0.05) is 13.8 Å². The van der Waals surface area contributed by atoms with E-state index in [0.29, 0.717) is 17.6 Å². The van der Waals surface area contributed by atoms with Crippen LogP contribution < -0.4 is 0 Å². The number of rotatable bonds is 4. The zero-order valence-electron chi connectivity index (χ0n) is 13.8. The minimum Gasteiger partial charge on any atom is -0.367 e. The molecule has 1 fully saturated rings. The second-order valence-electron chi connectivity index (χ2n) is 6.84. The fraction of sp³-hybridized carbons (Fsp3) is 0.706. The molecule has 1 aromatic rings. The zero-order valence-corrected chi connectivity index (χ0v) is 13.8. The molecule has 1 aromatic heterocycles. The molecule has 0 bridgehead atoms. The van der Waals surface area contributed by atoms with Crippen molar-refractivity contribution in [2.24, 2.45) is 5.41 Å². The molecular weight excluding hydrogens is 264 g/mol. The Morgan fingerprint density at radius 1 is 1.29 bits per heavy atom. The van der Waals surface area contributed by atoms with Crippen LogP contribution in [0.3, 0.4) is 0 Å². The molecule has 0 N–H and O–H groups in total. The van der Waals surface area contributed by atoms with Gasteiger partial charge in [0.2, 0.25) is 0 Å². The van der Waals surface area contributed by atoms with Crippen molar-refractivity contribution in [3.05, 3.63) is 23.3 Å². The van der Waals surface area contributed by atoms with E-state index < -0.39 is 0 Å². The van der Waals surface area contributed by atoms with Gasteiger partial charge >= 0.3 is 0 Å². The van der Waals surface area contributed by atoms with Crippen molar-refractivity contribution >= 4 is 5.78 Å². The molecule has 2 rings (SSSR count). The first-order valence-corrected chi connectivity index (χ1v) is 7.79. The van der Waals surface area contributed by atoms with Gasteiger partial charge in [0.15, 0.2) is 11.6 Å². The van der Waals surface area contributed by atoms with E-state index in [9.17, 15) is 4.79 Å². The maximum atomic E-state index is 11.5. The van der Waals surface area contributed by atoms with E-state index in [2.05, 4.69) is 23.8 Å². The van der Waals surface area contributed by atoms with Crippen LogP contribution >= 0.6 is 0 Å². The molecule has 1 saturated carbocycles. The predicted octanol–water partition coefficient (Wildman–Crippen LogP) is 3.82. The second kappa shape index (κ2) is 5.84. The molecule has 1 aliphatic carbocycles. The van der Waals surface area contributed by atoms with Crippen LogP contribution in [0.15, 0.2) is 6.20 Å². The molecule has 0 aromatic carbocycles. The minimum atomic E-state index is -0.385. The van der Waals surface area contributed by atoms with E-state index >= 15 is 0 Å². The summed E-state index contributed by atoms with van der Waals surface area (Å²) in [5, 5.41) is 0. The Morgan fingerprint density at radius 3 is 2.38 bits per heavy atom. The summed E-state index contributed by atoms with van der Waals surface area (Å²) in [6.07, 6.45) is 5.73. The topological polar surface area (TPSA) is 52.1 Å². The van der Waals surface area contributed by atoms with Crippen LogP contribution in [0.1, 0.15) is 75.3 Å². The summed E-state index contributed by atoms with van der Waals surface area (Å²) in [6.45, 7) is 10.7. The normalized spacial score (nSPS) is 20.2. The monoisotopic (exact) mass is 290 g/mol. The van der Waals surface area contributed by atoms with Crippen LogP contribution in [0.25, 0.3) is 0 Å². The summed E-state index contributed by atoms with van der Waals surface area (Å²) in [6, 6.07) is 0. The average Bonchev–Trinajstić information content (AvgIpc) is 2.41. The molecule has 4 nitrogen and oxygen atoms in total. The molecule has 0 aliphatic heterocycles. The summed E-state index contributed by atoms with van der Waals surface area (Å²) >= 11 is 0. The highest BCUT2D eigenvalue weighted by molar-refractivity contribution is 5.94. The van der Waals surface area contributed by atoms with Crippen LogP contribution in [-0.2, 0) is 10.3 Å². The lowest BCUT2D eigenvalue weighted by molar-refractivity contribution is -0.0949. The van der Waals surface area contributed by atoms with Crippen LogP contribution in [0.5, 0.6) is 0 Å². The Bertz CT molecular complexity index is 528. The summed E-state index contributed by atoms with van der Waals surface area (Å²) < 4.78 is 6.10. The highest BCUT2D eigenvalue weighted by Gasteiger charge is 2.42. The maximum Gasteiger partial charge on any atom is 0.163 e. The molecule has 0 unspecified atom stereocenters. The molecule has 4 heteroatoms. The fourth-order valence-electron chi connectivity index (χ4n) is 3.07. The maximum absolute atomic E-state index is 11.5. The Balaban J connectivity index is 2.35. The molecule has 0 atom stereocenters. The van der Waals surface area contributed by atoms with Crippen molar-refractivity contribution in [3.63, 3.8) is 0 Å². The van der Waals surface area contributed by atoms with Crippen molar-refractivity contribution < 1.29 is 9.53 Å². The van der Waals surface area contributed by atoms with Gasteiger partial charge in [0.25, 0.3) is 0 Å². The number of Topliss-reactive ketones (excluding diaryl/α,β-unsaturated/α-hetero) is 1. The van der Waals surface area contributed by atoms with Gasteiger partial charge in [0, 0.05) is 12.8 Å². The van der Waals surface area contributed by atoms with E-state index in [1.807, 2.05) is 13.8 Å². The molecule has 21 heavy (non-hydrogen) atoms. The standard InChI is InChI=1S/C17H26N2O2/c1-6-21-17(9-7-16(4,5)8-10-17)15-18-11-14(13(3)20)12(2)19-15/h11H,6-10H2,1-5H3. The smallest absolute Gasteiger partial charge is 0.163 e. The Kier molecular flexibility index (Phi) is 4.47. The van der Waals surface area contributed by atoms with E-state index in [0.717, 1.165) is 37.2 Å². The van der Waals surface area contributed by atoms with Gasteiger partial charge in [0.1, 0.15) is 5.60 Å². The molecule has 0 spiro atoms. The van der Waals surface area contributed by atoms with Crippen molar-refractivity contribution in [1.29, 1.82) is 0 Å². The van der Waals surface area contributed by atoms with Gasteiger partial charge in [-0.15, -0.1) is 0 Å². The van der Waals surface area contributed by atoms with Gasteiger partial charge < -0.3 is 4.74 Å². The first-order valence-electron chi connectivity index (χ1n) is 7.79. The average molecular weight is 290 g/mol. The van der Waals surface area contributed by atoms with Crippen LogP contribution in [0.4, 0.5) is 0 Å². The van der Waals surface area contributed by atoms with Crippen LogP contribution in [0, 0.1) is 12.3 Å². The van der Waals surface area contributed by atoms with E-state index in [-0.39, 0.29) is 11.4 Å². The largest absolute Gasteiger partial charge is 0.367 e. The summed E-state index contributed by atoms with van der Waals surface area (Å²) in [5.74, 6) is 0.747. The van der Waals surface area contributed by atoms with Gasteiger partial charge in [-0.3, -0.25) is 4.79 Å². The zero-order chi connectivity index (χ0) is 15.7. The number of hydrogen-bond donors (Lipinski definition) is 0. The third-order valence-electron chi connectivity index (χ3n) is 4.60. The number of carbonyl (C=O) groups excluding carboxylic acids is 1. The third-order valence-corrected chi connectivity index (χ3v) is 4.60. The van der Waals surface area contributed by atoms with Crippen molar-refractivity contribution in [2.75, 3.05) is 6.61 Å². The molecule has 1 aliphatic rings. The molecule has 0 amide bonds. The summed E-state index contributed by atoms with van der Waals surface area (Å²) in [7, 11) is 0. The Hall–Kier alpha value is -1.29. The lowest BCUT2D eigenvalue weighted by Crippen LogP contribution is -2.39. The number of ketones is 1. The van der Waals surface area contributed by atoms with E-state index in [1.54, 1.807) is 13.1 Å². The molecule has 1 heterocycles. The number of nitrogens with zero attached hydrogens (tertiary/aromatic N) is 2. The lowest BCUT2D eigenvalue weighted by Gasteiger charge is -2.42. The Labute approximate surface area is 127 Å². The first-order chi connectivity index (χ1) is 9.80. The fourth-order valence-corrected chi connectivity index (χ4v) is 3.07. The van der Waals surface area contributed by atoms with E-state index in [1.165, 1.54) is 0 Å². The summed E-state index contributed by atoms with van der Waals surface area (Å²) in [4.78, 5) is 20.6. The lowest BCUT2D eigenvalue weighted by atomic mass is 9.70. The molecule has 116 valence electrons. The van der Waals surface area contributed by atoms with Gasteiger partial charge in [-0.2, -0.15) is 0 Å². The Morgan fingerprint density at radius 2 is 1.90 bits per heavy atom. The SMILES string of the molecule is CCOC1(c2ncc(C(C)=O)c(C)n2)CCC(C)(C)CC1. The summed E-state index contributed by atoms with van der Waals surface area (Å²) in [5.41, 5.74) is 1.32. The number of ether oxygens (including phenoxy) is 1. The first kappa shape index (κ1) is 16.1. The molecule has 0 radical (unpaired) electrons. The van der Waals surface area contributed by atoms with Crippen LogP contribution in [-0.4, -0.2) is 22.4 Å². The van der Waals surface area contributed by atoms with Gasteiger partial charge in [-0.25, -0.2) is 9.97 Å². The van der Waals surface area contributed by atoms with E-state index in [4.69, 9.17) is 4.74 Å². The quantitative estimate of drug-likeness (QED) is 0.791. The number of aryl methyl sites for hydroxylation is 1. The minimum absolute atomic E-state index is 0.00860. The predicted molar refractivity (Wildman–Crippen MR) is 82.3 cm³/mol. The number of hydrogen-bond acceptors (Lipinski definition) is 4. The number of aromatic nitrogens is 2. The highest BCUT2D eigenvalue weighted by Crippen LogP contribution is 2.46. The third kappa shape index (κ3) is 3.31. The van der Waals surface area contributed by atoms with Gasteiger partial charge in [0.05, 0.1) is 11.3 Å². The molecule has 0 saturated heterocycles. The highest BCUT2D eigenvalue weighted by atomic mass is 16.5. The van der Waals surface area contributed by atoms with Crippen molar-refractivity contribution in [2.45, 2.75) is 65.9 Å².